The Labute approximate surface area is 104 Å². The molecular weight excluding hydrogens is 240 g/mol. The zero-order chi connectivity index (χ0) is 11.8. The van der Waals surface area contributed by atoms with Crippen LogP contribution in [0, 0.1) is 6.92 Å². The van der Waals surface area contributed by atoms with E-state index in [2.05, 4.69) is 0 Å². The molecule has 0 fully saturated rings. The minimum atomic E-state index is -0.941. The van der Waals surface area contributed by atoms with Gasteiger partial charge in [0.2, 0.25) is 0 Å². The first-order chi connectivity index (χ1) is 7.50. The summed E-state index contributed by atoms with van der Waals surface area (Å²) < 4.78 is 0. The van der Waals surface area contributed by atoms with Crippen molar-refractivity contribution in [3.8, 4) is 0 Å². The second-order valence-corrected chi connectivity index (χ2v) is 5.71. The van der Waals surface area contributed by atoms with Gasteiger partial charge in [0.15, 0.2) is 0 Å². The SMILES string of the molecule is Cc1ccc(C(C)(O)c2ccc(Cl)cc2)s1. The fraction of sp³-hybridized carbons (Fsp3) is 0.231. The molecule has 1 aromatic carbocycles. The largest absolute Gasteiger partial charge is 0.380 e. The van der Waals surface area contributed by atoms with E-state index in [0.29, 0.717) is 5.02 Å². The van der Waals surface area contributed by atoms with Crippen molar-refractivity contribution in [3.63, 3.8) is 0 Å². The summed E-state index contributed by atoms with van der Waals surface area (Å²) in [5.74, 6) is 0. The second-order valence-electron chi connectivity index (χ2n) is 3.99. The first-order valence-electron chi connectivity index (χ1n) is 5.05. The van der Waals surface area contributed by atoms with Gasteiger partial charge >= 0.3 is 0 Å². The van der Waals surface area contributed by atoms with Crippen molar-refractivity contribution < 1.29 is 5.11 Å². The van der Waals surface area contributed by atoms with Gasteiger partial charge in [0.1, 0.15) is 5.60 Å². The van der Waals surface area contributed by atoms with Gasteiger partial charge in [-0.3, -0.25) is 0 Å². The molecule has 0 aliphatic rings. The predicted octanol–water partition coefficient (Wildman–Crippen LogP) is 3.97. The molecule has 16 heavy (non-hydrogen) atoms. The van der Waals surface area contributed by atoms with Crippen LogP contribution >= 0.6 is 22.9 Å². The summed E-state index contributed by atoms with van der Waals surface area (Å²) in [4.78, 5) is 2.15. The third kappa shape index (κ3) is 2.14. The second kappa shape index (κ2) is 4.21. The van der Waals surface area contributed by atoms with Crippen molar-refractivity contribution in [2.24, 2.45) is 0 Å². The summed E-state index contributed by atoms with van der Waals surface area (Å²) in [6, 6.07) is 11.3. The molecule has 0 bridgehead atoms. The quantitative estimate of drug-likeness (QED) is 0.858. The molecule has 3 heteroatoms. The van der Waals surface area contributed by atoms with E-state index in [9.17, 15) is 5.11 Å². The van der Waals surface area contributed by atoms with E-state index in [-0.39, 0.29) is 0 Å². The lowest BCUT2D eigenvalue weighted by Gasteiger charge is -2.22. The molecule has 0 saturated heterocycles. The van der Waals surface area contributed by atoms with E-state index in [1.807, 2.05) is 38.1 Å². The number of benzene rings is 1. The molecule has 2 aromatic rings. The number of aliphatic hydroxyl groups is 1. The Balaban J connectivity index is 2.42. The molecule has 0 amide bonds. The van der Waals surface area contributed by atoms with E-state index >= 15 is 0 Å². The highest BCUT2D eigenvalue weighted by Crippen LogP contribution is 2.34. The van der Waals surface area contributed by atoms with Crippen LogP contribution in [0.3, 0.4) is 0 Å². The number of hydrogen-bond acceptors (Lipinski definition) is 2. The topological polar surface area (TPSA) is 20.2 Å². The minimum Gasteiger partial charge on any atom is -0.380 e. The highest BCUT2D eigenvalue weighted by molar-refractivity contribution is 7.12. The van der Waals surface area contributed by atoms with Crippen LogP contribution in [0.2, 0.25) is 5.02 Å². The molecule has 1 heterocycles. The van der Waals surface area contributed by atoms with Gasteiger partial charge in [-0.15, -0.1) is 11.3 Å². The van der Waals surface area contributed by atoms with Crippen molar-refractivity contribution in [1.29, 1.82) is 0 Å². The number of halogens is 1. The van der Waals surface area contributed by atoms with Crippen LogP contribution in [0.1, 0.15) is 22.2 Å². The van der Waals surface area contributed by atoms with E-state index in [4.69, 9.17) is 11.6 Å². The summed E-state index contributed by atoms with van der Waals surface area (Å²) in [5.41, 5.74) is -0.0810. The van der Waals surface area contributed by atoms with Gasteiger partial charge in [0.05, 0.1) is 0 Å². The van der Waals surface area contributed by atoms with Gasteiger partial charge in [-0.2, -0.15) is 0 Å². The zero-order valence-electron chi connectivity index (χ0n) is 9.20. The number of thiophene rings is 1. The maximum Gasteiger partial charge on any atom is 0.121 e. The van der Waals surface area contributed by atoms with Gasteiger partial charge in [0.25, 0.3) is 0 Å². The summed E-state index contributed by atoms with van der Waals surface area (Å²) in [5, 5.41) is 11.2. The molecule has 2 rings (SSSR count). The molecule has 0 saturated carbocycles. The van der Waals surface area contributed by atoms with E-state index in [1.165, 1.54) is 4.88 Å². The summed E-state index contributed by atoms with van der Waals surface area (Å²) in [6.07, 6.45) is 0. The van der Waals surface area contributed by atoms with Crippen molar-refractivity contribution >= 4 is 22.9 Å². The summed E-state index contributed by atoms with van der Waals surface area (Å²) in [7, 11) is 0. The standard InChI is InChI=1S/C13H13ClOS/c1-9-3-8-12(16-9)13(2,15)10-4-6-11(14)7-5-10/h3-8,15H,1-2H3. The molecule has 0 spiro atoms. The highest BCUT2D eigenvalue weighted by Gasteiger charge is 2.26. The fourth-order valence-corrected chi connectivity index (χ4v) is 2.67. The average Bonchev–Trinajstić information content (AvgIpc) is 2.66. The maximum atomic E-state index is 10.5. The monoisotopic (exact) mass is 252 g/mol. The van der Waals surface area contributed by atoms with Crippen LogP contribution < -0.4 is 0 Å². The van der Waals surface area contributed by atoms with Gasteiger partial charge in [-0.05, 0) is 43.7 Å². The molecule has 1 nitrogen and oxygen atoms in total. The van der Waals surface area contributed by atoms with Crippen molar-refractivity contribution in [3.05, 3.63) is 56.7 Å². The number of hydrogen-bond donors (Lipinski definition) is 1. The van der Waals surface area contributed by atoms with Crippen LogP contribution in [0.5, 0.6) is 0 Å². The normalized spacial score (nSPS) is 14.8. The van der Waals surface area contributed by atoms with Gasteiger partial charge in [-0.1, -0.05) is 23.7 Å². The first kappa shape index (κ1) is 11.6. The average molecular weight is 253 g/mol. The van der Waals surface area contributed by atoms with E-state index < -0.39 is 5.60 Å². The molecule has 0 aliphatic carbocycles. The van der Waals surface area contributed by atoms with Crippen LogP contribution in [-0.4, -0.2) is 5.11 Å². The molecule has 1 aromatic heterocycles. The molecule has 0 radical (unpaired) electrons. The number of aryl methyl sites for hydroxylation is 1. The van der Waals surface area contributed by atoms with Crippen LogP contribution in [0.4, 0.5) is 0 Å². The molecule has 0 aliphatic heterocycles. The van der Waals surface area contributed by atoms with Crippen LogP contribution in [0.15, 0.2) is 36.4 Å². The Morgan fingerprint density at radius 3 is 2.25 bits per heavy atom. The van der Waals surface area contributed by atoms with Crippen LogP contribution in [-0.2, 0) is 5.60 Å². The molecule has 1 atom stereocenters. The Bertz CT molecular complexity index is 485. The van der Waals surface area contributed by atoms with E-state index in [1.54, 1.807) is 23.5 Å². The van der Waals surface area contributed by atoms with Crippen molar-refractivity contribution in [1.82, 2.24) is 0 Å². The Hall–Kier alpha value is -0.830. The Morgan fingerprint density at radius 2 is 1.75 bits per heavy atom. The Morgan fingerprint density at radius 1 is 1.12 bits per heavy atom. The highest BCUT2D eigenvalue weighted by atomic mass is 35.5. The predicted molar refractivity (Wildman–Crippen MR) is 69.2 cm³/mol. The molecule has 84 valence electrons. The summed E-state index contributed by atoms with van der Waals surface area (Å²) in [6.45, 7) is 3.84. The molecular formula is C13H13ClOS. The third-order valence-electron chi connectivity index (χ3n) is 2.63. The lowest BCUT2D eigenvalue weighted by Crippen LogP contribution is -2.20. The fourth-order valence-electron chi connectivity index (χ4n) is 1.61. The van der Waals surface area contributed by atoms with Crippen molar-refractivity contribution in [2.75, 3.05) is 0 Å². The first-order valence-corrected chi connectivity index (χ1v) is 6.25. The third-order valence-corrected chi connectivity index (χ3v) is 4.09. The maximum absolute atomic E-state index is 10.5. The van der Waals surface area contributed by atoms with Gasteiger partial charge in [0, 0.05) is 14.8 Å². The number of rotatable bonds is 2. The lowest BCUT2D eigenvalue weighted by atomic mass is 9.94. The van der Waals surface area contributed by atoms with Gasteiger partial charge < -0.3 is 5.11 Å². The Kier molecular flexibility index (Phi) is 3.06. The minimum absolute atomic E-state index is 0.682. The van der Waals surface area contributed by atoms with Gasteiger partial charge in [-0.25, -0.2) is 0 Å². The van der Waals surface area contributed by atoms with E-state index in [0.717, 1.165) is 10.4 Å². The molecule has 1 N–H and O–H groups in total. The van der Waals surface area contributed by atoms with Crippen LogP contribution in [0.25, 0.3) is 0 Å². The summed E-state index contributed by atoms with van der Waals surface area (Å²) >= 11 is 7.44. The smallest absolute Gasteiger partial charge is 0.121 e. The lowest BCUT2D eigenvalue weighted by molar-refractivity contribution is 0.106. The zero-order valence-corrected chi connectivity index (χ0v) is 10.8. The van der Waals surface area contributed by atoms with Crippen molar-refractivity contribution in [2.45, 2.75) is 19.4 Å². The molecule has 1 unspecified atom stereocenters.